The molecule has 3 N–H and O–H groups in total. The van der Waals surface area contributed by atoms with Crippen LogP contribution in [0.4, 0.5) is 0 Å². The van der Waals surface area contributed by atoms with Gasteiger partial charge in [-0.25, -0.2) is 0 Å². The summed E-state index contributed by atoms with van der Waals surface area (Å²) in [5, 5.41) is 24.8. The maximum absolute atomic E-state index is 10.0. The summed E-state index contributed by atoms with van der Waals surface area (Å²) in [6.45, 7) is 2.64. The summed E-state index contributed by atoms with van der Waals surface area (Å²) in [7, 11) is 0. The maximum atomic E-state index is 10.0. The zero-order valence-corrected chi connectivity index (χ0v) is 12.8. The minimum atomic E-state index is -0.716. The van der Waals surface area contributed by atoms with Crippen molar-refractivity contribution in [2.75, 3.05) is 13.2 Å². The number of hydrogen-bond acceptors (Lipinski definition) is 4. The van der Waals surface area contributed by atoms with E-state index in [1.165, 1.54) is 0 Å². The van der Waals surface area contributed by atoms with Gasteiger partial charge in [-0.15, -0.1) is 0 Å². The van der Waals surface area contributed by atoms with Gasteiger partial charge >= 0.3 is 29.7 Å². The molecule has 5 nitrogen and oxygen atoms in total. The van der Waals surface area contributed by atoms with Crippen molar-refractivity contribution in [3.63, 3.8) is 0 Å². The van der Waals surface area contributed by atoms with Crippen LogP contribution < -0.4 is 0 Å². The van der Waals surface area contributed by atoms with Crippen LogP contribution in [-0.4, -0.2) is 34.5 Å². The van der Waals surface area contributed by atoms with Gasteiger partial charge in [0.2, 0.25) is 0 Å². The zero-order valence-electron chi connectivity index (χ0n) is 11.2. The van der Waals surface area contributed by atoms with Gasteiger partial charge in [0.15, 0.2) is 0 Å². The molecule has 0 aromatic carbocycles. The molecule has 0 fully saturated rings. The molecule has 0 aromatic rings. The third kappa shape index (κ3) is 36.0. The Hall–Kier alpha value is -0.0957. The number of unbranched alkanes of at least 4 members (excludes halogenated alkanes) is 5. The van der Waals surface area contributed by atoms with Crippen LogP contribution in [0.1, 0.15) is 58.3 Å². The van der Waals surface area contributed by atoms with Crippen LogP contribution >= 0.6 is 0 Å². The van der Waals surface area contributed by atoms with Crippen LogP contribution in [0.2, 0.25) is 0 Å². The predicted octanol–water partition coefficient (Wildman–Crippen LogP) is 2.06. The Kier molecular flexibility index (Phi) is 32.9. The van der Waals surface area contributed by atoms with E-state index in [9.17, 15) is 4.79 Å². The molecule has 0 aliphatic heterocycles. The Labute approximate surface area is 121 Å². The van der Waals surface area contributed by atoms with Gasteiger partial charge in [-0.05, 0) is 19.3 Å². The molecule has 0 saturated heterocycles. The summed E-state index contributed by atoms with van der Waals surface area (Å²) < 4.78 is 8.25. The Balaban J connectivity index is -0.000000270. The summed E-state index contributed by atoms with van der Waals surface area (Å²) in [6.07, 6.45) is 6.93. The van der Waals surface area contributed by atoms with E-state index in [2.05, 4.69) is 6.92 Å². The van der Waals surface area contributed by atoms with E-state index in [0.717, 1.165) is 65.4 Å². The number of rotatable bonds is 9. The van der Waals surface area contributed by atoms with Crippen molar-refractivity contribution in [1.82, 2.24) is 0 Å². The molecule has 0 aromatic heterocycles. The molecule has 0 rings (SSSR count). The summed E-state index contributed by atoms with van der Waals surface area (Å²) in [4.78, 5) is 10.0. The first-order chi connectivity index (χ1) is 8.68. The molecule has 0 aliphatic carbocycles. The molecule has 0 amide bonds. The second-order valence-electron chi connectivity index (χ2n) is 3.71. The Morgan fingerprint density at radius 3 is 1.67 bits per heavy atom. The molecule has 0 spiro atoms. The number of aliphatic hydroxyl groups is 2. The van der Waals surface area contributed by atoms with E-state index < -0.39 is 5.97 Å². The second-order valence-corrected chi connectivity index (χ2v) is 3.71. The molecule has 6 heteroatoms. The van der Waals surface area contributed by atoms with Gasteiger partial charge in [0.1, 0.15) is 0 Å². The predicted molar refractivity (Wildman–Crippen MR) is 65.1 cm³/mol. The van der Waals surface area contributed by atoms with Crippen molar-refractivity contribution in [2.45, 2.75) is 58.3 Å². The number of hydrogen-bond donors (Lipinski definition) is 3. The van der Waals surface area contributed by atoms with E-state index in [0.29, 0.717) is 6.61 Å². The summed E-state index contributed by atoms with van der Waals surface area (Å²) >= 11 is 0.750. The van der Waals surface area contributed by atoms with Crippen LogP contribution in [0.5, 0.6) is 0 Å². The van der Waals surface area contributed by atoms with Gasteiger partial charge in [-0.2, -0.15) is 0 Å². The molecule has 0 bridgehead atoms. The normalized spacial score (nSPS) is 8.56. The Morgan fingerprint density at radius 2 is 1.33 bits per heavy atom. The van der Waals surface area contributed by atoms with Gasteiger partial charge in [0.05, 0.1) is 0 Å². The van der Waals surface area contributed by atoms with Gasteiger partial charge in [-0.1, -0.05) is 32.6 Å². The molecule has 0 radical (unpaired) electrons. The van der Waals surface area contributed by atoms with Gasteiger partial charge in [-0.3, -0.25) is 4.79 Å². The molecule has 0 saturated carbocycles. The van der Waals surface area contributed by atoms with Crippen LogP contribution in [0.3, 0.4) is 0 Å². The summed E-state index contributed by atoms with van der Waals surface area (Å²) in [5.41, 5.74) is 0. The quantitative estimate of drug-likeness (QED) is 0.447. The van der Waals surface area contributed by atoms with Crippen molar-refractivity contribution in [3.05, 3.63) is 0 Å². The van der Waals surface area contributed by atoms with Crippen LogP contribution in [-0.2, 0) is 28.5 Å². The van der Waals surface area contributed by atoms with E-state index in [1.54, 1.807) is 0 Å². The third-order valence-corrected chi connectivity index (χ3v) is 2.06. The first-order valence-electron chi connectivity index (χ1n) is 6.32. The van der Waals surface area contributed by atoms with Crippen LogP contribution in [0, 0.1) is 0 Å². The molecule has 0 unspecified atom stereocenters. The molecular formula is C12H26O5Ti. The fourth-order valence-corrected chi connectivity index (χ4v) is 1.08. The second kappa shape index (κ2) is 25.7. The molecule has 18 heavy (non-hydrogen) atoms. The van der Waals surface area contributed by atoms with Crippen molar-refractivity contribution in [3.8, 4) is 0 Å². The monoisotopic (exact) mass is 298 g/mol. The van der Waals surface area contributed by atoms with Gasteiger partial charge < -0.3 is 15.3 Å². The number of aliphatic carboxylic acids is 1. The standard InChI is InChI=1S/C8H16O3.C4H10O.O.Ti/c9-7-5-3-1-2-4-6-8(10)11;1-2-3-4-5;;/h9H,1-7H2,(H,10,11);5H,2-4H2,1H3;;. The van der Waals surface area contributed by atoms with Crippen molar-refractivity contribution in [2.24, 2.45) is 0 Å². The first-order valence-corrected chi connectivity index (χ1v) is 6.96. The number of carboxylic acids is 1. The Morgan fingerprint density at radius 1 is 0.889 bits per heavy atom. The first kappa shape index (κ1) is 23.0. The van der Waals surface area contributed by atoms with Crippen molar-refractivity contribution < 1.29 is 43.8 Å². The third-order valence-electron chi connectivity index (χ3n) is 2.06. The van der Waals surface area contributed by atoms with E-state index >= 15 is 0 Å². The fraction of sp³-hybridized carbons (Fsp3) is 0.917. The molecule has 0 atom stereocenters. The minimum absolute atomic E-state index is 0.249. The zero-order chi connectivity index (χ0) is 14.6. The SMILES string of the molecule is CCCCO.O=C(O)CCCCCCCO.[O]=[Ti]. The van der Waals surface area contributed by atoms with E-state index in [4.69, 9.17) is 18.6 Å². The topological polar surface area (TPSA) is 94.8 Å². The molecule has 108 valence electrons. The fourth-order valence-electron chi connectivity index (χ4n) is 1.08. The number of carbonyl (C=O) groups is 1. The van der Waals surface area contributed by atoms with E-state index in [-0.39, 0.29) is 13.0 Å². The Bertz CT molecular complexity index is 153. The molecular weight excluding hydrogens is 272 g/mol. The summed E-state index contributed by atoms with van der Waals surface area (Å²) in [6, 6.07) is 0. The van der Waals surface area contributed by atoms with Gasteiger partial charge in [0, 0.05) is 19.6 Å². The van der Waals surface area contributed by atoms with E-state index in [1.807, 2.05) is 0 Å². The number of aliphatic hydroxyl groups excluding tert-OH is 2. The average Bonchev–Trinajstić information content (AvgIpc) is 2.37. The van der Waals surface area contributed by atoms with Crippen molar-refractivity contribution in [1.29, 1.82) is 0 Å². The van der Waals surface area contributed by atoms with Crippen LogP contribution in [0.15, 0.2) is 0 Å². The molecule has 0 aliphatic rings. The number of carboxylic acid groups (broad SMARTS) is 1. The summed E-state index contributed by atoms with van der Waals surface area (Å²) in [5.74, 6) is -0.716. The molecule has 0 heterocycles. The average molecular weight is 298 g/mol. The van der Waals surface area contributed by atoms with Crippen molar-refractivity contribution >= 4 is 5.97 Å². The van der Waals surface area contributed by atoms with Gasteiger partial charge in [0.25, 0.3) is 0 Å². The van der Waals surface area contributed by atoms with Crippen LogP contribution in [0.25, 0.3) is 0 Å².